The van der Waals surface area contributed by atoms with E-state index in [9.17, 15) is 0 Å². The van der Waals surface area contributed by atoms with Gasteiger partial charge in [-0.25, -0.2) is 4.98 Å². The van der Waals surface area contributed by atoms with Crippen LogP contribution in [0.25, 0.3) is 10.8 Å². The average Bonchev–Trinajstić information content (AvgIpc) is 3.20. The molecule has 1 aliphatic rings. The normalized spacial score (nSPS) is 16.7. The fourth-order valence-electron chi connectivity index (χ4n) is 3.58. The van der Waals surface area contributed by atoms with Crippen molar-refractivity contribution in [3.05, 3.63) is 65.9 Å². The SMILES string of the molecule is Cc1cnc(OCC2CCCN2)c2cccc(NCc3ccccc3)c12. The van der Waals surface area contributed by atoms with E-state index in [2.05, 4.69) is 65.0 Å². The molecule has 0 aliphatic carbocycles. The first-order chi connectivity index (χ1) is 12.8. The molecule has 1 aromatic heterocycles. The second-order valence-electron chi connectivity index (χ2n) is 6.92. The van der Waals surface area contributed by atoms with Crippen molar-refractivity contribution in [2.75, 3.05) is 18.5 Å². The monoisotopic (exact) mass is 347 g/mol. The summed E-state index contributed by atoms with van der Waals surface area (Å²) < 4.78 is 6.07. The summed E-state index contributed by atoms with van der Waals surface area (Å²) in [6, 6.07) is 17.2. The van der Waals surface area contributed by atoms with Gasteiger partial charge in [0, 0.05) is 35.2 Å². The van der Waals surface area contributed by atoms with Crippen LogP contribution in [0.15, 0.2) is 54.7 Å². The van der Waals surface area contributed by atoms with E-state index in [0.29, 0.717) is 12.6 Å². The fourth-order valence-corrected chi connectivity index (χ4v) is 3.58. The Hall–Kier alpha value is -2.59. The van der Waals surface area contributed by atoms with E-state index in [1.807, 2.05) is 12.3 Å². The summed E-state index contributed by atoms with van der Waals surface area (Å²) in [6.07, 6.45) is 4.31. The molecule has 2 aromatic carbocycles. The molecule has 4 heteroatoms. The van der Waals surface area contributed by atoms with Crippen molar-refractivity contribution >= 4 is 16.5 Å². The minimum Gasteiger partial charge on any atom is -0.476 e. The molecule has 2 heterocycles. The first kappa shape index (κ1) is 16.9. The van der Waals surface area contributed by atoms with Gasteiger partial charge in [-0.3, -0.25) is 0 Å². The van der Waals surface area contributed by atoms with Crippen molar-refractivity contribution in [3.8, 4) is 5.88 Å². The van der Waals surface area contributed by atoms with Gasteiger partial charge >= 0.3 is 0 Å². The van der Waals surface area contributed by atoms with Crippen LogP contribution in [0.3, 0.4) is 0 Å². The molecule has 1 saturated heterocycles. The summed E-state index contributed by atoms with van der Waals surface area (Å²) in [5.74, 6) is 0.725. The molecular formula is C22H25N3O. The third-order valence-electron chi connectivity index (χ3n) is 4.97. The van der Waals surface area contributed by atoms with Crippen LogP contribution >= 0.6 is 0 Å². The van der Waals surface area contributed by atoms with Crippen LogP contribution in [0.2, 0.25) is 0 Å². The topological polar surface area (TPSA) is 46.2 Å². The van der Waals surface area contributed by atoms with Gasteiger partial charge in [-0.15, -0.1) is 0 Å². The second-order valence-corrected chi connectivity index (χ2v) is 6.92. The van der Waals surface area contributed by atoms with Crippen molar-refractivity contribution in [2.45, 2.75) is 32.4 Å². The molecule has 1 atom stereocenters. The van der Waals surface area contributed by atoms with Gasteiger partial charge in [0.05, 0.1) is 0 Å². The number of hydrogen-bond acceptors (Lipinski definition) is 4. The lowest BCUT2D eigenvalue weighted by Gasteiger charge is -2.16. The van der Waals surface area contributed by atoms with Crippen LogP contribution in [0.1, 0.15) is 24.0 Å². The molecule has 1 aliphatic heterocycles. The maximum atomic E-state index is 6.07. The molecule has 0 radical (unpaired) electrons. The lowest BCUT2D eigenvalue weighted by molar-refractivity contribution is 0.271. The zero-order valence-electron chi connectivity index (χ0n) is 15.2. The van der Waals surface area contributed by atoms with Crippen LogP contribution in [0.5, 0.6) is 5.88 Å². The van der Waals surface area contributed by atoms with Crippen LogP contribution in [0.4, 0.5) is 5.69 Å². The molecule has 134 valence electrons. The molecule has 1 unspecified atom stereocenters. The number of rotatable bonds is 6. The lowest BCUT2D eigenvalue weighted by atomic mass is 10.1. The molecule has 4 nitrogen and oxygen atoms in total. The van der Waals surface area contributed by atoms with Crippen LogP contribution in [0, 0.1) is 6.92 Å². The van der Waals surface area contributed by atoms with E-state index < -0.39 is 0 Å². The Labute approximate surface area is 154 Å². The zero-order chi connectivity index (χ0) is 17.8. The van der Waals surface area contributed by atoms with E-state index in [1.54, 1.807) is 0 Å². The predicted octanol–water partition coefficient (Wildman–Crippen LogP) is 4.29. The minimum absolute atomic E-state index is 0.438. The molecule has 3 aromatic rings. The quantitative estimate of drug-likeness (QED) is 0.698. The van der Waals surface area contributed by atoms with Gasteiger partial charge in [0.25, 0.3) is 0 Å². The zero-order valence-corrected chi connectivity index (χ0v) is 15.2. The number of benzene rings is 2. The van der Waals surface area contributed by atoms with Gasteiger partial charge in [-0.05, 0) is 49.6 Å². The Morgan fingerprint density at radius 1 is 1.15 bits per heavy atom. The highest BCUT2D eigenvalue weighted by molar-refractivity contribution is 5.99. The largest absolute Gasteiger partial charge is 0.476 e. The van der Waals surface area contributed by atoms with Gasteiger partial charge in [0.15, 0.2) is 0 Å². The Morgan fingerprint density at radius 2 is 2.04 bits per heavy atom. The van der Waals surface area contributed by atoms with Crippen LogP contribution in [-0.4, -0.2) is 24.2 Å². The highest BCUT2D eigenvalue weighted by Gasteiger charge is 2.16. The highest BCUT2D eigenvalue weighted by Crippen LogP contribution is 2.32. The predicted molar refractivity (Wildman–Crippen MR) is 107 cm³/mol. The minimum atomic E-state index is 0.438. The molecular weight excluding hydrogens is 322 g/mol. The van der Waals surface area contributed by atoms with Crippen molar-refractivity contribution in [2.24, 2.45) is 0 Å². The number of nitrogens with zero attached hydrogens (tertiary/aromatic N) is 1. The number of ether oxygens (including phenoxy) is 1. The summed E-state index contributed by atoms with van der Waals surface area (Å²) in [5.41, 5.74) is 3.54. The summed E-state index contributed by atoms with van der Waals surface area (Å²) in [6.45, 7) is 4.66. The van der Waals surface area contributed by atoms with E-state index >= 15 is 0 Å². The number of hydrogen-bond donors (Lipinski definition) is 2. The number of aryl methyl sites for hydroxylation is 1. The van der Waals surface area contributed by atoms with Gasteiger partial charge in [-0.2, -0.15) is 0 Å². The van der Waals surface area contributed by atoms with Crippen LogP contribution in [-0.2, 0) is 6.54 Å². The van der Waals surface area contributed by atoms with Crippen molar-refractivity contribution in [1.29, 1.82) is 0 Å². The molecule has 0 saturated carbocycles. The van der Waals surface area contributed by atoms with Crippen molar-refractivity contribution in [1.82, 2.24) is 10.3 Å². The first-order valence-electron chi connectivity index (χ1n) is 9.33. The Bertz CT molecular complexity index is 873. The smallest absolute Gasteiger partial charge is 0.221 e. The lowest BCUT2D eigenvalue weighted by Crippen LogP contribution is -2.28. The summed E-state index contributed by atoms with van der Waals surface area (Å²) in [5, 5.41) is 9.30. The summed E-state index contributed by atoms with van der Waals surface area (Å²) in [7, 11) is 0. The van der Waals surface area contributed by atoms with Crippen molar-refractivity contribution < 1.29 is 4.74 Å². The average molecular weight is 347 g/mol. The third kappa shape index (κ3) is 3.65. The third-order valence-corrected chi connectivity index (χ3v) is 4.97. The Balaban J connectivity index is 1.58. The van der Waals surface area contributed by atoms with Gasteiger partial charge < -0.3 is 15.4 Å². The molecule has 0 bridgehead atoms. The summed E-state index contributed by atoms with van der Waals surface area (Å²) in [4.78, 5) is 4.55. The molecule has 2 N–H and O–H groups in total. The van der Waals surface area contributed by atoms with E-state index in [1.165, 1.54) is 23.8 Å². The van der Waals surface area contributed by atoms with Crippen molar-refractivity contribution in [3.63, 3.8) is 0 Å². The Morgan fingerprint density at radius 3 is 2.85 bits per heavy atom. The molecule has 4 rings (SSSR count). The number of anilines is 1. The van der Waals surface area contributed by atoms with E-state index in [-0.39, 0.29) is 0 Å². The molecule has 1 fully saturated rings. The molecule has 0 spiro atoms. The maximum absolute atomic E-state index is 6.07. The molecule has 0 amide bonds. The first-order valence-corrected chi connectivity index (χ1v) is 9.33. The second kappa shape index (κ2) is 7.75. The molecule has 26 heavy (non-hydrogen) atoms. The number of pyridine rings is 1. The summed E-state index contributed by atoms with van der Waals surface area (Å²) >= 11 is 0. The van der Waals surface area contributed by atoms with E-state index in [0.717, 1.165) is 35.6 Å². The van der Waals surface area contributed by atoms with Crippen LogP contribution < -0.4 is 15.4 Å². The highest BCUT2D eigenvalue weighted by atomic mass is 16.5. The standard InChI is InChI=1S/C22H25N3O/c1-16-13-25-22(26-15-18-9-6-12-23-18)19-10-5-11-20(21(16)19)24-14-17-7-3-2-4-8-17/h2-5,7-8,10-11,13,18,23-24H,6,9,12,14-15H2,1H3. The van der Waals surface area contributed by atoms with Gasteiger partial charge in [0.1, 0.15) is 6.61 Å². The Kier molecular flexibility index (Phi) is 5.02. The number of nitrogens with one attached hydrogen (secondary N) is 2. The van der Waals surface area contributed by atoms with Gasteiger partial charge in [-0.1, -0.05) is 36.4 Å². The number of aromatic nitrogens is 1. The van der Waals surface area contributed by atoms with Gasteiger partial charge in [0.2, 0.25) is 5.88 Å². The van der Waals surface area contributed by atoms with E-state index in [4.69, 9.17) is 4.74 Å². The maximum Gasteiger partial charge on any atom is 0.221 e. The number of fused-ring (bicyclic) bond motifs is 1. The fraction of sp³-hybridized carbons (Fsp3) is 0.318.